The number of aryl methyl sites for hydroxylation is 1. The minimum absolute atomic E-state index is 0.0880. The average molecular weight is 300 g/mol. The van der Waals surface area contributed by atoms with Gasteiger partial charge in [-0.25, -0.2) is 0 Å². The highest BCUT2D eigenvalue weighted by Crippen LogP contribution is 2.44. The van der Waals surface area contributed by atoms with Crippen molar-refractivity contribution in [2.45, 2.75) is 51.2 Å². The Morgan fingerprint density at radius 2 is 2.20 bits per heavy atom. The Kier molecular flexibility index (Phi) is 5.10. The Bertz CT molecular complexity index is 419. The molecule has 1 unspecified atom stereocenters. The second kappa shape index (κ2) is 6.46. The quantitative estimate of drug-likeness (QED) is 0.906. The maximum atomic E-state index is 6.36. The number of nitrogens with zero attached hydrogens (tertiary/aromatic N) is 2. The molecular weight excluding hydrogens is 274 g/mol. The van der Waals surface area contributed by atoms with Crippen LogP contribution in [0.2, 0.25) is 5.02 Å². The van der Waals surface area contributed by atoms with Gasteiger partial charge in [-0.15, -0.1) is 0 Å². The summed E-state index contributed by atoms with van der Waals surface area (Å²) >= 11 is 6.36. The second-order valence-corrected chi connectivity index (χ2v) is 6.35. The minimum Gasteiger partial charge on any atom is -0.376 e. The molecule has 0 aliphatic heterocycles. The van der Waals surface area contributed by atoms with Crippen LogP contribution >= 0.6 is 11.6 Å². The zero-order chi connectivity index (χ0) is 14.8. The fourth-order valence-electron chi connectivity index (χ4n) is 3.34. The number of methoxy groups -OCH3 is 1. The van der Waals surface area contributed by atoms with Crippen LogP contribution in [0.25, 0.3) is 0 Å². The van der Waals surface area contributed by atoms with Crippen LogP contribution in [0, 0.1) is 5.92 Å². The van der Waals surface area contributed by atoms with Crippen LogP contribution in [-0.2, 0) is 11.8 Å². The van der Waals surface area contributed by atoms with Crippen LogP contribution in [0.15, 0.2) is 6.20 Å². The van der Waals surface area contributed by atoms with E-state index in [1.54, 1.807) is 6.20 Å². The van der Waals surface area contributed by atoms with Crippen LogP contribution in [0.3, 0.4) is 0 Å². The van der Waals surface area contributed by atoms with Crippen molar-refractivity contribution in [3.8, 4) is 0 Å². The molecule has 1 saturated carbocycles. The number of halogens is 1. The molecule has 0 spiro atoms. The Balaban J connectivity index is 2.36. The summed E-state index contributed by atoms with van der Waals surface area (Å²) in [5, 5.41) is 8.57. The molecule has 5 heteroatoms. The van der Waals surface area contributed by atoms with Crippen molar-refractivity contribution >= 4 is 11.6 Å². The van der Waals surface area contributed by atoms with Crippen molar-refractivity contribution in [2.24, 2.45) is 13.0 Å². The van der Waals surface area contributed by atoms with Gasteiger partial charge in [-0.3, -0.25) is 4.68 Å². The SMILES string of the molecule is CCNC(c1c(Cl)cnn1C)C1(OC)CCC(C)CC1. The highest BCUT2D eigenvalue weighted by atomic mass is 35.5. The maximum Gasteiger partial charge on any atom is 0.0888 e. The largest absolute Gasteiger partial charge is 0.376 e. The van der Waals surface area contributed by atoms with Crippen LogP contribution in [0.1, 0.15) is 51.3 Å². The lowest BCUT2D eigenvalue weighted by molar-refractivity contribution is -0.0774. The van der Waals surface area contributed by atoms with E-state index in [4.69, 9.17) is 16.3 Å². The predicted molar refractivity (Wildman–Crippen MR) is 82.0 cm³/mol. The summed E-state index contributed by atoms with van der Waals surface area (Å²) in [7, 11) is 3.77. The van der Waals surface area contributed by atoms with E-state index < -0.39 is 0 Å². The first-order valence-corrected chi connectivity index (χ1v) is 7.87. The van der Waals surface area contributed by atoms with E-state index in [9.17, 15) is 0 Å². The van der Waals surface area contributed by atoms with Gasteiger partial charge in [0, 0.05) is 14.2 Å². The number of ether oxygens (including phenoxy) is 1. The topological polar surface area (TPSA) is 39.1 Å². The first-order chi connectivity index (χ1) is 9.54. The van der Waals surface area contributed by atoms with Gasteiger partial charge in [0.05, 0.1) is 28.6 Å². The fraction of sp³-hybridized carbons (Fsp3) is 0.800. The molecule has 2 rings (SSSR count). The molecular formula is C15H26ClN3O. The van der Waals surface area contributed by atoms with Crippen molar-refractivity contribution in [3.63, 3.8) is 0 Å². The van der Waals surface area contributed by atoms with Crippen molar-refractivity contribution in [1.82, 2.24) is 15.1 Å². The van der Waals surface area contributed by atoms with E-state index in [0.717, 1.165) is 31.0 Å². The monoisotopic (exact) mass is 299 g/mol. The molecule has 1 fully saturated rings. The molecule has 1 aliphatic carbocycles. The molecule has 1 aromatic heterocycles. The number of hydrogen-bond donors (Lipinski definition) is 1. The number of rotatable bonds is 5. The lowest BCUT2D eigenvalue weighted by Gasteiger charge is -2.44. The smallest absolute Gasteiger partial charge is 0.0888 e. The normalized spacial score (nSPS) is 28.6. The molecule has 4 nitrogen and oxygen atoms in total. The third-order valence-electron chi connectivity index (χ3n) is 4.67. The van der Waals surface area contributed by atoms with Gasteiger partial charge in [0.25, 0.3) is 0 Å². The van der Waals surface area contributed by atoms with Crippen molar-refractivity contribution in [2.75, 3.05) is 13.7 Å². The zero-order valence-electron chi connectivity index (χ0n) is 12.9. The minimum atomic E-state index is -0.181. The summed E-state index contributed by atoms with van der Waals surface area (Å²) in [5.74, 6) is 0.780. The Morgan fingerprint density at radius 3 is 2.65 bits per heavy atom. The molecule has 114 valence electrons. The number of aromatic nitrogens is 2. The fourth-order valence-corrected chi connectivity index (χ4v) is 3.62. The third kappa shape index (κ3) is 2.87. The van der Waals surface area contributed by atoms with E-state index in [1.165, 1.54) is 12.8 Å². The maximum absolute atomic E-state index is 6.36. The van der Waals surface area contributed by atoms with Gasteiger partial charge >= 0.3 is 0 Å². The number of likely N-dealkylation sites (N-methyl/N-ethyl adjacent to an activating group) is 1. The first-order valence-electron chi connectivity index (χ1n) is 7.50. The van der Waals surface area contributed by atoms with Crippen LogP contribution in [0.5, 0.6) is 0 Å². The van der Waals surface area contributed by atoms with Crippen LogP contribution < -0.4 is 5.32 Å². The molecule has 0 bridgehead atoms. The van der Waals surface area contributed by atoms with Crippen LogP contribution in [-0.4, -0.2) is 29.0 Å². The molecule has 0 saturated heterocycles. The highest BCUT2D eigenvalue weighted by molar-refractivity contribution is 6.31. The van der Waals surface area contributed by atoms with E-state index in [0.29, 0.717) is 5.02 Å². The van der Waals surface area contributed by atoms with Gasteiger partial charge in [0.15, 0.2) is 0 Å². The lowest BCUT2D eigenvalue weighted by Crippen LogP contribution is -2.48. The Labute approximate surface area is 126 Å². The van der Waals surface area contributed by atoms with Gasteiger partial charge in [0.1, 0.15) is 0 Å². The lowest BCUT2D eigenvalue weighted by atomic mass is 9.74. The van der Waals surface area contributed by atoms with Gasteiger partial charge in [0.2, 0.25) is 0 Å². The molecule has 0 radical (unpaired) electrons. The zero-order valence-corrected chi connectivity index (χ0v) is 13.7. The van der Waals surface area contributed by atoms with Gasteiger partial charge < -0.3 is 10.1 Å². The molecule has 20 heavy (non-hydrogen) atoms. The molecule has 1 aromatic rings. The molecule has 0 aromatic carbocycles. The summed E-state index contributed by atoms with van der Waals surface area (Å²) < 4.78 is 7.88. The number of nitrogens with one attached hydrogen (secondary N) is 1. The van der Waals surface area contributed by atoms with Crippen molar-refractivity contribution in [3.05, 3.63) is 16.9 Å². The van der Waals surface area contributed by atoms with Crippen molar-refractivity contribution in [1.29, 1.82) is 0 Å². The summed E-state index contributed by atoms with van der Waals surface area (Å²) in [6, 6.07) is 0.0880. The van der Waals surface area contributed by atoms with E-state index in [1.807, 2.05) is 18.8 Å². The third-order valence-corrected chi connectivity index (χ3v) is 4.96. The molecule has 1 aliphatic rings. The molecule has 1 heterocycles. The predicted octanol–water partition coefficient (Wildman–Crippen LogP) is 3.32. The Hall–Kier alpha value is -0.580. The summed E-state index contributed by atoms with van der Waals surface area (Å²) in [4.78, 5) is 0. The molecule has 0 amide bonds. The Morgan fingerprint density at radius 1 is 1.55 bits per heavy atom. The summed E-state index contributed by atoms with van der Waals surface area (Å²) in [5.41, 5.74) is 0.852. The van der Waals surface area contributed by atoms with E-state index in [2.05, 4.69) is 24.3 Å². The average Bonchev–Trinajstić information content (AvgIpc) is 2.77. The van der Waals surface area contributed by atoms with Gasteiger partial charge in [-0.1, -0.05) is 25.4 Å². The summed E-state index contributed by atoms with van der Waals surface area (Å²) in [6.07, 6.45) is 6.24. The standard InChI is InChI=1S/C15H26ClN3O/c1-5-17-14(13-12(16)10-18-19(13)3)15(20-4)8-6-11(2)7-9-15/h10-11,14,17H,5-9H2,1-4H3. The van der Waals surface area contributed by atoms with Crippen molar-refractivity contribution < 1.29 is 4.74 Å². The van der Waals surface area contributed by atoms with Gasteiger partial charge in [-0.2, -0.15) is 5.10 Å². The second-order valence-electron chi connectivity index (χ2n) is 5.94. The van der Waals surface area contributed by atoms with E-state index >= 15 is 0 Å². The van der Waals surface area contributed by atoms with Gasteiger partial charge in [-0.05, 0) is 38.1 Å². The first kappa shape index (κ1) is 15.8. The van der Waals surface area contributed by atoms with E-state index in [-0.39, 0.29) is 11.6 Å². The highest BCUT2D eigenvalue weighted by Gasteiger charge is 2.44. The molecule has 1 N–H and O–H groups in total. The summed E-state index contributed by atoms with van der Waals surface area (Å²) in [6.45, 7) is 5.32. The molecule has 1 atom stereocenters. The van der Waals surface area contributed by atoms with Crippen LogP contribution in [0.4, 0.5) is 0 Å². The number of hydrogen-bond acceptors (Lipinski definition) is 3.